The summed E-state index contributed by atoms with van der Waals surface area (Å²) < 4.78 is 0. The van der Waals surface area contributed by atoms with Crippen LogP contribution in [-0.4, -0.2) is 10.9 Å². The lowest BCUT2D eigenvalue weighted by atomic mass is 10.1. The van der Waals surface area contributed by atoms with E-state index in [1.165, 1.54) is 17.2 Å². The van der Waals surface area contributed by atoms with Crippen LogP contribution in [0.5, 0.6) is 0 Å². The van der Waals surface area contributed by atoms with Gasteiger partial charge in [0.2, 0.25) is 5.91 Å². The van der Waals surface area contributed by atoms with Gasteiger partial charge in [0.1, 0.15) is 0 Å². The monoisotopic (exact) mass is 286 g/mol. The second-order valence-electron chi connectivity index (χ2n) is 4.77. The average Bonchev–Trinajstić information content (AvgIpc) is 2.81. The molecule has 2 aromatic rings. The fraction of sp³-hybridized carbons (Fsp3) is 0.250. The minimum Gasteiger partial charge on any atom is -0.348 e. The molecule has 1 heterocycles. The Bertz CT molecular complexity index is 644. The lowest BCUT2D eigenvalue weighted by Crippen LogP contribution is -2.20. The molecular weight excluding hydrogens is 268 g/mol. The third-order valence-electron chi connectivity index (χ3n) is 2.99. The van der Waals surface area contributed by atoms with Crippen LogP contribution in [0.4, 0.5) is 0 Å². The first-order valence-electron chi connectivity index (χ1n) is 6.49. The van der Waals surface area contributed by atoms with Crippen molar-refractivity contribution in [2.24, 2.45) is 0 Å². The molecule has 20 heavy (non-hydrogen) atoms. The molecule has 1 N–H and O–H groups in total. The van der Waals surface area contributed by atoms with E-state index in [1.807, 2.05) is 12.3 Å². The van der Waals surface area contributed by atoms with Crippen LogP contribution in [0.15, 0.2) is 29.7 Å². The number of carbonyl (C=O) groups is 1. The predicted octanol–water partition coefficient (Wildman–Crippen LogP) is 3.40. The topological polar surface area (TPSA) is 42.0 Å². The Balaban J connectivity index is 1.90. The molecule has 0 unspecified atom stereocenters. The first-order valence-corrected chi connectivity index (χ1v) is 7.37. The summed E-state index contributed by atoms with van der Waals surface area (Å²) in [5.41, 5.74) is 4.40. The Morgan fingerprint density at radius 1 is 1.35 bits per heavy atom. The summed E-state index contributed by atoms with van der Waals surface area (Å²) in [6.07, 6.45) is 3.26. The van der Waals surface area contributed by atoms with E-state index in [2.05, 4.69) is 42.3 Å². The first kappa shape index (κ1) is 14.5. The van der Waals surface area contributed by atoms with Gasteiger partial charge in [0.05, 0.1) is 10.7 Å². The second kappa shape index (κ2) is 6.48. The number of hydrogen-bond acceptors (Lipinski definition) is 3. The number of aryl methyl sites for hydroxylation is 3. The van der Waals surface area contributed by atoms with Crippen molar-refractivity contribution in [3.63, 3.8) is 0 Å². The van der Waals surface area contributed by atoms with Gasteiger partial charge in [0.15, 0.2) is 0 Å². The van der Waals surface area contributed by atoms with Crippen molar-refractivity contribution in [2.75, 3.05) is 0 Å². The summed E-state index contributed by atoms with van der Waals surface area (Å²) in [5, 5.41) is 5.82. The zero-order valence-electron chi connectivity index (χ0n) is 11.9. The van der Waals surface area contributed by atoms with Crippen molar-refractivity contribution in [2.45, 2.75) is 27.3 Å². The van der Waals surface area contributed by atoms with Gasteiger partial charge in [-0.3, -0.25) is 4.79 Å². The Labute approximate surface area is 123 Å². The third kappa shape index (κ3) is 4.03. The molecule has 0 bridgehead atoms. The smallest absolute Gasteiger partial charge is 0.244 e. The van der Waals surface area contributed by atoms with Crippen LogP contribution in [-0.2, 0) is 11.3 Å². The predicted molar refractivity (Wildman–Crippen MR) is 83.6 cm³/mol. The fourth-order valence-electron chi connectivity index (χ4n) is 1.90. The van der Waals surface area contributed by atoms with E-state index in [-0.39, 0.29) is 5.91 Å². The number of thiazole rings is 1. The molecule has 0 aliphatic rings. The van der Waals surface area contributed by atoms with E-state index in [4.69, 9.17) is 0 Å². The summed E-state index contributed by atoms with van der Waals surface area (Å²) >= 11 is 1.58. The Morgan fingerprint density at radius 3 is 2.80 bits per heavy atom. The van der Waals surface area contributed by atoms with Crippen molar-refractivity contribution in [3.05, 3.63) is 57.0 Å². The SMILES string of the molecule is Cc1ccc(CNC(=O)/C=C/c2csc(C)n2)c(C)c1. The van der Waals surface area contributed by atoms with Gasteiger partial charge >= 0.3 is 0 Å². The van der Waals surface area contributed by atoms with Gasteiger partial charge in [-0.1, -0.05) is 23.8 Å². The van der Waals surface area contributed by atoms with Crippen LogP contribution in [0.25, 0.3) is 6.08 Å². The quantitative estimate of drug-likeness (QED) is 0.875. The molecule has 0 saturated carbocycles. The normalized spacial score (nSPS) is 10.9. The van der Waals surface area contributed by atoms with Crippen molar-refractivity contribution in [1.29, 1.82) is 0 Å². The number of carbonyl (C=O) groups excluding carboxylic acids is 1. The summed E-state index contributed by atoms with van der Waals surface area (Å²) in [5.74, 6) is -0.101. The molecule has 0 spiro atoms. The lowest BCUT2D eigenvalue weighted by Gasteiger charge is -2.07. The van der Waals surface area contributed by atoms with E-state index in [0.29, 0.717) is 6.54 Å². The van der Waals surface area contributed by atoms with E-state index in [1.54, 1.807) is 17.4 Å². The molecule has 0 saturated heterocycles. The zero-order chi connectivity index (χ0) is 14.5. The van der Waals surface area contributed by atoms with Crippen molar-refractivity contribution < 1.29 is 4.79 Å². The molecule has 0 atom stereocenters. The highest BCUT2D eigenvalue weighted by atomic mass is 32.1. The largest absolute Gasteiger partial charge is 0.348 e. The van der Waals surface area contributed by atoms with Gasteiger partial charge in [-0.25, -0.2) is 4.98 Å². The van der Waals surface area contributed by atoms with Crippen LogP contribution in [0.1, 0.15) is 27.4 Å². The Hall–Kier alpha value is -1.94. The third-order valence-corrected chi connectivity index (χ3v) is 3.79. The maximum absolute atomic E-state index is 11.8. The maximum atomic E-state index is 11.8. The molecular formula is C16H18N2OS. The average molecular weight is 286 g/mol. The van der Waals surface area contributed by atoms with Crippen molar-refractivity contribution in [1.82, 2.24) is 10.3 Å². The van der Waals surface area contributed by atoms with Crippen molar-refractivity contribution in [3.8, 4) is 0 Å². The minimum atomic E-state index is -0.101. The molecule has 104 valence electrons. The van der Waals surface area contributed by atoms with E-state index >= 15 is 0 Å². The molecule has 3 nitrogen and oxygen atoms in total. The molecule has 0 aliphatic carbocycles. The van der Waals surface area contributed by atoms with Crippen LogP contribution in [0.2, 0.25) is 0 Å². The van der Waals surface area contributed by atoms with Gasteiger partial charge in [-0.05, 0) is 38.0 Å². The summed E-state index contributed by atoms with van der Waals surface area (Å²) in [6, 6.07) is 6.23. The zero-order valence-corrected chi connectivity index (χ0v) is 12.8. The first-order chi connectivity index (χ1) is 9.54. The number of benzene rings is 1. The van der Waals surface area contributed by atoms with Gasteiger partial charge < -0.3 is 5.32 Å². The summed E-state index contributed by atoms with van der Waals surface area (Å²) in [6.45, 7) is 6.62. The number of rotatable bonds is 4. The number of nitrogens with one attached hydrogen (secondary N) is 1. The lowest BCUT2D eigenvalue weighted by molar-refractivity contribution is -0.116. The molecule has 0 fully saturated rings. The number of amides is 1. The molecule has 0 aliphatic heterocycles. The second-order valence-corrected chi connectivity index (χ2v) is 5.83. The number of aromatic nitrogens is 1. The number of nitrogens with zero attached hydrogens (tertiary/aromatic N) is 1. The molecule has 1 aromatic heterocycles. The van der Waals surface area contributed by atoms with E-state index < -0.39 is 0 Å². The van der Waals surface area contributed by atoms with Gasteiger partial charge in [-0.2, -0.15) is 0 Å². The minimum absolute atomic E-state index is 0.101. The van der Waals surface area contributed by atoms with E-state index in [9.17, 15) is 4.79 Å². The van der Waals surface area contributed by atoms with Gasteiger partial charge in [0.25, 0.3) is 0 Å². The Kier molecular flexibility index (Phi) is 4.69. The molecule has 4 heteroatoms. The summed E-state index contributed by atoms with van der Waals surface area (Å²) in [7, 11) is 0. The Morgan fingerprint density at radius 2 is 2.15 bits per heavy atom. The van der Waals surface area contributed by atoms with Crippen LogP contribution < -0.4 is 5.32 Å². The fourth-order valence-corrected chi connectivity index (χ4v) is 2.48. The number of hydrogen-bond donors (Lipinski definition) is 1. The van der Waals surface area contributed by atoms with E-state index in [0.717, 1.165) is 16.3 Å². The molecule has 1 amide bonds. The van der Waals surface area contributed by atoms with Crippen LogP contribution in [0, 0.1) is 20.8 Å². The van der Waals surface area contributed by atoms with Gasteiger partial charge in [0, 0.05) is 18.0 Å². The highest BCUT2D eigenvalue weighted by Gasteiger charge is 2.01. The standard InChI is InChI=1S/C16H18N2OS/c1-11-4-5-14(12(2)8-11)9-17-16(19)7-6-15-10-20-13(3)18-15/h4-8,10H,9H2,1-3H3,(H,17,19)/b7-6+. The van der Waals surface area contributed by atoms with Crippen LogP contribution in [0.3, 0.4) is 0 Å². The summed E-state index contributed by atoms with van der Waals surface area (Å²) in [4.78, 5) is 16.0. The maximum Gasteiger partial charge on any atom is 0.244 e. The molecule has 0 radical (unpaired) electrons. The van der Waals surface area contributed by atoms with Crippen molar-refractivity contribution >= 4 is 23.3 Å². The van der Waals surface area contributed by atoms with Crippen LogP contribution >= 0.6 is 11.3 Å². The molecule has 2 rings (SSSR count). The highest BCUT2D eigenvalue weighted by Crippen LogP contribution is 2.11. The molecule has 1 aromatic carbocycles. The highest BCUT2D eigenvalue weighted by molar-refractivity contribution is 7.09. The van der Waals surface area contributed by atoms with Gasteiger partial charge in [-0.15, -0.1) is 11.3 Å².